The molecule has 3 nitrogen and oxygen atoms in total. The lowest BCUT2D eigenvalue weighted by Gasteiger charge is -2.29. The molecule has 0 unspecified atom stereocenters. The molecule has 1 heterocycles. The van der Waals surface area contributed by atoms with Gasteiger partial charge in [0.05, 0.1) is 0 Å². The SMILES string of the molecule is CCC(=O)O[C@]1(c2ccccc2)CCN(C)C1. The Morgan fingerprint density at radius 2 is 2.12 bits per heavy atom. The monoisotopic (exact) mass is 233 g/mol. The van der Waals surface area contributed by atoms with Crippen molar-refractivity contribution < 1.29 is 9.53 Å². The van der Waals surface area contributed by atoms with Gasteiger partial charge in [-0.25, -0.2) is 0 Å². The van der Waals surface area contributed by atoms with Crippen LogP contribution in [0.15, 0.2) is 30.3 Å². The van der Waals surface area contributed by atoms with Crippen LogP contribution in [0.5, 0.6) is 0 Å². The molecule has 0 aromatic heterocycles. The highest BCUT2D eigenvalue weighted by atomic mass is 16.6. The molecule has 0 amide bonds. The van der Waals surface area contributed by atoms with E-state index < -0.39 is 5.60 Å². The predicted octanol–water partition coefficient (Wildman–Crippen LogP) is 2.17. The number of benzene rings is 1. The normalized spacial score (nSPS) is 24.8. The second-order valence-electron chi connectivity index (χ2n) is 4.68. The number of carbonyl (C=O) groups is 1. The summed E-state index contributed by atoms with van der Waals surface area (Å²) in [4.78, 5) is 13.8. The first-order valence-electron chi connectivity index (χ1n) is 6.12. The first-order chi connectivity index (χ1) is 8.16. The van der Waals surface area contributed by atoms with Crippen LogP contribution in [0.3, 0.4) is 0 Å². The zero-order valence-corrected chi connectivity index (χ0v) is 10.5. The van der Waals surface area contributed by atoms with Crippen LogP contribution in [0.1, 0.15) is 25.3 Å². The van der Waals surface area contributed by atoms with Gasteiger partial charge in [0.15, 0.2) is 5.60 Å². The molecule has 1 aliphatic heterocycles. The van der Waals surface area contributed by atoms with Crippen molar-refractivity contribution in [3.05, 3.63) is 35.9 Å². The van der Waals surface area contributed by atoms with Gasteiger partial charge in [-0.15, -0.1) is 0 Å². The van der Waals surface area contributed by atoms with E-state index in [0.717, 1.165) is 25.1 Å². The van der Waals surface area contributed by atoms with E-state index in [0.29, 0.717) is 6.42 Å². The Bertz CT molecular complexity index is 390. The van der Waals surface area contributed by atoms with E-state index in [9.17, 15) is 4.79 Å². The molecule has 0 saturated carbocycles. The zero-order chi connectivity index (χ0) is 12.3. The summed E-state index contributed by atoms with van der Waals surface area (Å²) in [6.45, 7) is 3.58. The van der Waals surface area contributed by atoms with Gasteiger partial charge in [0.1, 0.15) is 0 Å². The molecule has 1 fully saturated rings. The predicted molar refractivity (Wildman–Crippen MR) is 66.6 cm³/mol. The quantitative estimate of drug-likeness (QED) is 0.749. The van der Waals surface area contributed by atoms with Crippen LogP contribution in [0.4, 0.5) is 0 Å². The van der Waals surface area contributed by atoms with Gasteiger partial charge >= 0.3 is 5.97 Å². The Labute approximate surface area is 102 Å². The summed E-state index contributed by atoms with van der Waals surface area (Å²) in [5.41, 5.74) is 0.662. The lowest BCUT2D eigenvalue weighted by atomic mass is 9.92. The number of nitrogens with zero attached hydrogens (tertiary/aromatic N) is 1. The molecular formula is C14H19NO2. The number of likely N-dealkylation sites (N-methyl/N-ethyl adjacent to an activating group) is 1. The Balaban J connectivity index is 2.28. The number of esters is 1. The van der Waals surface area contributed by atoms with Crippen LogP contribution in [0.25, 0.3) is 0 Å². The molecule has 17 heavy (non-hydrogen) atoms. The van der Waals surface area contributed by atoms with Crippen LogP contribution in [0, 0.1) is 0 Å². The molecule has 1 aromatic carbocycles. The Morgan fingerprint density at radius 1 is 1.41 bits per heavy atom. The average molecular weight is 233 g/mol. The summed E-state index contributed by atoms with van der Waals surface area (Å²) in [5.74, 6) is -0.121. The molecule has 92 valence electrons. The van der Waals surface area contributed by atoms with E-state index in [-0.39, 0.29) is 5.97 Å². The summed E-state index contributed by atoms with van der Waals surface area (Å²) in [5, 5.41) is 0. The summed E-state index contributed by atoms with van der Waals surface area (Å²) in [6, 6.07) is 10.1. The number of carbonyl (C=O) groups excluding carboxylic acids is 1. The van der Waals surface area contributed by atoms with E-state index in [4.69, 9.17) is 4.74 Å². The van der Waals surface area contributed by atoms with E-state index in [2.05, 4.69) is 11.9 Å². The van der Waals surface area contributed by atoms with Crippen LogP contribution in [-0.2, 0) is 15.1 Å². The molecule has 0 N–H and O–H groups in total. The molecular weight excluding hydrogens is 214 g/mol. The number of likely N-dealkylation sites (tertiary alicyclic amines) is 1. The third-order valence-corrected chi connectivity index (χ3v) is 3.32. The van der Waals surface area contributed by atoms with Gasteiger partial charge in [-0.05, 0) is 12.6 Å². The van der Waals surface area contributed by atoms with Gasteiger partial charge in [0, 0.05) is 25.9 Å². The van der Waals surface area contributed by atoms with Gasteiger partial charge in [-0.1, -0.05) is 37.3 Å². The summed E-state index contributed by atoms with van der Waals surface area (Å²) in [7, 11) is 2.06. The molecule has 0 aliphatic carbocycles. The Morgan fingerprint density at radius 3 is 2.65 bits per heavy atom. The van der Waals surface area contributed by atoms with Crippen molar-refractivity contribution in [3.63, 3.8) is 0 Å². The number of hydrogen-bond acceptors (Lipinski definition) is 3. The van der Waals surface area contributed by atoms with Gasteiger partial charge in [-0.3, -0.25) is 4.79 Å². The summed E-state index contributed by atoms with van der Waals surface area (Å²) in [6.07, 6.45) is 1.30. The van der Waals surface area contributed by atoms with Crippen LogP contribution in [0.2, 0.25) is 0 Å². The fraction of sp³-hybridized carbons (Fsp3) is 0.500. The topological polar surface area (TPSA) is 29.5 Å². The zero-order valence-electron chi connectivity index (χ0n) is 10.5. The highest BCUT2D eigenvalue weighted by Crippen LogP contribution is 2.35. The highest BCUT2D eigenvalue weighted by Gasteiger charge is 2.41. The third-order valence-electron chi connectivity index (χ3n) is 3.32. The van der Waals surface area contributed by atoms with Gasteiger partial charge in [0.2, 0.25) is 0 Å². The van der Waals surface area contributed by atoms with Gasteiger partial charge in [0.25, 0.3) is 0 Å². The number of hydrogen-bond donors (Lipinski definition) is 0. The second-order valence-corrected chi connectivity index (χ2v) is 4.68. The maximum absolute atomic E-state index is 11.6. The summed E-state index contributed by atoms with van der Waals surface area (Å²) < 4.78 is 5.72. The molecule has 1 atom stereocenters. The minimum absolute atomic E-state index is 0.121. The smallest absolute Gasteiger partial charge is 0.306 e. The van der Waals surface area contributed by atoms with E-state index in [1.54, 1.807) is 0 Å². The maximum Gasteiger partial charge on any atom is 0.306 e. The van der Waals surface area contributed by atoms with Crippen molar-refractivity contribution >= 4 is 5.97 Å². The molecule has 1 saturated heterocycles. The number of rotatable bonds is 3. The minimum atomic E-state index is -0.441. The standard InChI is InChI=1S/C14H19NO2/c1-3-13(16)17-14(9-10-15(2)11-14)12-7-5-4-6-8-12/h4-8H,3,9-11H2,1-2H3/t14-/m1/s1. The van der Waals surface area contributed by atoms with E-state index in [1.807, 2.05) is 37.3 Å². The van der Waals surface area contributed by atoms with Crippen LogP contribution >= 0.6 is 0 Å². The largest absolute Gasteiger partial charge is 0.453 e. The average Bonchev–Trinajstić information content (AvgIpc) is 2.73. The third kappa shape index (κ3) is 2.50. The van der Waals surface area contributed by atoms with Crippen molar-refractivity contribution in [1.29, 1.82) is 0 Å². The Hall–Kier alpha value is -1.35. The van der Waals surface area contributed by atoms with Crippen LogP contribution < -0.4 is 0 Å². The fourth-order valence-corrected chi connectivity index (χ4v) is 2.38. The van der Waals surface area contributed by atoms with E-state index >= 15 is 0 Å². The lowest BCUT2D eigenvalue weighted by Crippen LogP contribution is -2.35. The lowest BCUT2D eigenvalue weighted by molar-refractivity contribution is -0.159. The van der Waals surface area contributed by atoms with Gasteiger partial charge < -0.3 is 9.64 Å². The van der Waals surface area contributed by atoms with Crippen molar-refractivity contribution in [1.82, 2.24) is 4.90 Å². The molecule has 0 radical (unpaired) electrons. The molecule has 3 heteroatoms. The van der Waals surface area contributed by atoms with Gasteiger partial charge in [-0.2, -0.15) is 0 Å². The fourth-order valence-electron chi connectivity index (χ4n) is 2.38. The summed E-state index contributed by atoms with van der Waals surface area (Å²) >= 11 is 0. The van der Waals surface area contributed by atoms with Crippen LogP contribution in [-0.4, -0.2) is 31.0 Å². The molecule has 1 aromatic rings. The first kappa shape index (κ1) is 12.1. The van der Waals surface area contributed by atoms with Crippen molar-refractivity contribution in [2.75, 3.05) is 20.1 Å². The Kier molecular flexibility index (Phi) is 3.48. The maximum atomic E-state index is 11.6. The minimum Gasteiger partial charge on any atom is -0.453 e. The molecule has 0 bridgehead atoms. The first-order valence-corrected chi connectivity index (χ1v) is 6.12. The molecule has 0 spiro atoms. The van der Waals surface area contributed by atoms with E-state index in [1.165, 1.54) is 0 Å². The second kappa shape index (κ2) is 4.88. The van der Waals surface area contributed by atoms with Crippen molar-refractivity contribution in [3.8, 4) is 0 Å². The molecule has 1 aliphatic rings. The van der Waals surface area contributed by atoms with Crippen molar-refractivity contribution in [2.45, 2.75) is 25.4 Å². The number of ether oxygens (including phenoxy) is 1. The van der Waals surface area contributed by atoms with Crippen molar-refractivity contribution in [2.24, 2.45) is 0 Å². The molecule has 2 rings (SSSR count). The highest BCUT2D eigenvalue weighted by molar-refractivity contribution is 5.69.